The van der Waals surface area contributed by atoms with Crippen LogP contribution in [0.5, 0.6) is 0 Å². The molecule has 0 unspecified atom stereocenters. The summed E-state index contributed by atoms with van der Waals surface area (Å²) in [6.45, 7) is 0. The molecular formula is C19H12N2O5. The summed E-state index contributed by atoms with van der Waals surface area (Å²) in [7, 11) is 0. The van der Waals surface area contributed by atoms with Crippen molar-refractivity contribution in [2.24, 2.45) is 5.73 Å². The van der Waals surface area contributed by atoms with Crippen molar-refractivity contribution in [3.05, 3.63) is 76.3 Å². The van der Waals surface area contributed by atoms with E-state index >= 15 is 0 Å². The number of hydrogen-bond donors (Lipinski definition) is 2. The van der Waals surface area contributed by atoms with Crippen LogP contribution in [0.25, 0.3) is 21.9 Å². The molecule has 0 radical (unpaired) electrons. The molecule has 7 heteroatoms. The highest BCUT2D eigenvalue weighted by molar-refractivity contribution is 6.14. The number of benzene rings is 2. The Morgan fingerprint density at radius 1 is 0.923 bits per heavy atom. The van der Waals surface area contributed by atoms with Crippen molar-refractivity contribution in [3.8, 4) is 0 Å². The quantitative estimate of drug-likeness (QED) is 0.552. The first-order valence-electron chi connectivity index (χ1n) is 7.70. The van der Waals surface area contributed by atoms with Gasteiger partial charge < -0.3 is 19.9 Å². The van der Waals surface area contributed by atoms with Gasteiger partial charge in [-0.15, -0.1) is 0 Å². The van der Waals surface area contributed by atoms with E-state index in [9.17, 15) is 14.4 Å². The number of carbonyl (C=O) groups is 2. The molecule has 0 spiro atoms. The van der Waals surface area contributed by atoms with Crippen LogP contribution in [0.15, 0.2) is 68.2 Å². The number of nitrogens with one attached hydrogen (secondary N) is 1. The molecule has 2 aromatic carbocycles. The molecule has 2 heterocycles. The van der Waals surface area contributed by atoms with Crippen molar-refractivity contribution in [1.29, 1.82) is 0 Å². The van der Waals surface area contributed by atoms with Gasteiger partial charge >= 0.3 is 5.63 Å². The smallest absolute Gasteiger partial charge is 0.349 e. The number of nitrogens with two attached hydrogens (primary N) is 1. The van der Waals surface area contributed by atoms with Crippen molar-refractivity contribution >= 4 is 39.4 Å². The maximum Gasteiger partial charge on any atom is 0.349 e. The fourth-order valence-corrected chi connectivity index (χ4v) is 2.74. The number of fused-ring (bicyclic) bond motifs is 2. The van der Waals surface area contributed by atoms with Crippen molar-refractivity contribution in [2.75, 3.05) is 5.32 Å². The second-order valence-electron chi connectivity index (χ2n) is 5.61. The molecule has 2 amide bonds. The highest BCUT2D eigenvalue weighted by Gasteiger charge is 2.22. The van der Waals surface area contributed by atoms with Crippen LogP contribution in [0.2, 0.25) is 0 Å². The summed E-state index contributed by atoms with van der Waals surface area (Å²) in [6, 6.07) is 15.0. The Bertz CT molecular complexity index is 1240. The number of primary amides is 1. The van der Waals surface area contributed by atoms with Crippen LogP contribution in [-0.2, 0) is 0 Å². The van der Waals surface area contributed by atoms with E-state index in [-0.39, 0.29) is 17.0 Å². The van der Waals surface area contributed by atoms with E-state index in [0.717, 1.165) is 0 Å². The van der Waals surface area contributed by atoms with Gasteiger partial charge in [0.2, 0.25) is 5.76 Å². The summed E-state index contributed by atoms with van der Waals surface area (Å²) in [4.78, 5) is 36.4. The summed E-state index contributed by atoms with van der Waals surface area (Å²) >= 11 is 0. The van der Waals surface area contributed by atoms with Gasteiger partial charge in [0.05, 0.1) is 0 Å². The molecule has 0 aliphatic heterocycles. The first-order chi connectivity index (χ1) is 12.5. The fourth-order valence-electron chi connectivity index (χ4n) is 2.74. The zero-order chi connectivity index (χ0) is 18.3. The zero-order valence-corrected chi connectivity index (χ0v) is 13.3. The molecule has 0 aliphatic rings. The first-order valence-corrected chi connectivity index (χ1v) is 7.70. The molecule has 0 atom stereocenters. The van der Waals surface area contributed by atoms with Crippen LogP contribution in [-0.4, -0.2) is 11.8 Å². The summed E-state index contributed by atoms with van der Waals surface area (Å²) in [5, 5.41) is 3.64. The van der Waals surface area contributed by atoms with E-state index in [4.69, 9.17) is 14.6 Å². The van der Waals surface area contributed by atoms with Gasteiger partial charge in [-0.1, -0.05) is 30.3 Å². The third kappa shape index (κ3) is 2.51. The molecule has 0 bridgehead atoms. The minimum atomic E-state index is -0.831. The lowest BCUT2D eigenvalue weighted by molar-refractivity contribution is 0.0977. The molecule has 26 heavy (non-hydrogen) atoms. The van der Waals surface area contributed by atoms with Gasteiger partial charge in [0.1, 0.15) is 22.4 Å². The van der Waals surface area contributed by atoms with Gasteiger partial charge in [0, 0.05) is 10.8 Å². The third-order valence-electron chi connectivity index (χ3n) is 3.94. The Labute approximate surface area is 146 Å². The van der Waals surface area contributed by atoms with E-state index in [1.165, 1.54) is 6.07 Å². The van der Waals surface area contributed by atoms with E-state index in [2.05, 4.69) is 5.32 Å². The lowest BCUT2D eigenvalue weighted by Crippen LogP contribution is -2.22. The van der Waals surface area contributed by atoms with Gasteiger partial charge in [-0.2, -0.15) is 0 Å². The maximum absolute atomic E-state index is 12.6. The molecule has 0 saturated heterocycles. The molecule has 3 N–H and O–H groups in total. The van der Waals surface area contributed by atoms with Crippen LogP contribution in [0, 0.1) is 0 Å². The second-order valence-corrected chi connectivity index (χ2v) is 5.61. The van der Waals surface area contributed by atoms with Crippen LogP contribution in [0.3, 0.4) is 0 Å². The normalized spacial score (nSPS) is 10.9. The van der Waals surface area contributed by atoms with E-state index in [0.29, 0.717) is 21.9 Å². The average Bonchev–Trinajstić information content (AvgIpc) is 3.00. The van der Waals surface area contributed by atoms with Crippen molar-refractivity contribution < 1.29 is 18.4 Å². The molecule has 0 saturated carbocycles. The maximum atomic E-state index is 12.6. The van der Waals surface area contributed by atoms with Crippen molar-refractivity contribution in [1.82, 2.24) is 0 Å². The number of anilines is 1. The summed E-state index contributed by atoms with van der Waals surface area (Å²) in [5.41, 5.74) is 5.24. The number of carbonyl (C=O) groups excluding carboxylic acids is 2. The van der Waals surface area contributed by atoms with E-state index < -0.39 is 17.4 Å². The highest BCUT2D eigenvalue weighted by Crippen LogP contribution is 2.30. The van der Waals surface area contributed by atoms with Gasteiger partial charge in [0.25, 0.3) is 11.8 Å². The largest absolute Gasteiger partial charge is 0.449 e. The minimum absolute atomic E-state index is 0.116. The van der Waals surface area contributed by atoms with Crippen LogP contribution < -0.4 is 16.7 Å². The van der Waals surface area contributed by atoms with E-state index in [1.807, 2.05) is 0 Å². The number of amides is 2. The van der Waals surface area contributed by atoms with Gasteiger partial charge in [0.15, 0.2) is 0 Å². The minimum Gasteiger partial charge on any atom is -0.449 e. The molecule has 7 nitrogen and oxygen atoms in total. The van der Waals surface area contributed by atoms with Gasteiger partial charge in [-0.25, -0.2) is 4.79 Å². The van der Waals surface area contributed by atoms with Crippen LogP contribution in [0.4, 0.5) is 5.69 Å². The van der Waals surface area contributed by atoms with Crippen molar-refractivity contribution in [3.63, 3.8) is 0 Å². The van der Waals surface area contributed by atoms with Crippen LogP contribution >= 0.6 is 0 Å². The number of hydrogen-bond acceptors (Lipinski definition) is 5. The first kappa shape index (κ1) is 15.6. The Morgan fingerprint density at radius 3 is 2.38 bits per heavy atom. The lowest BCUT2D eigenvalue weighted by atomic mass is 10.1. The SMILES string of the molecule is NC(=O)c1oc2ccccc2c1NC(=O)c1cc2ccccc2oc1=O. The highest BCUT2D eigenvalue weighted by atomic mass is 16.4. The van der Waals surface area contributed by atoms with Crippen molar-refractivity contribution in [2.45, 2.75) is 0 Å². The average molecular weight is 348 g/mol. The van der Waals surface area contributed by atoms with Gasteiger partial charge in [-0.3, -0.25) is 9.59 Å². The fraction of sp³-hybridized carbons (Fsp3) is 0. The molecule has 4 rings (SSSR count). The Kier molecular flexibility index (Phi) is 3.54. The monoisotopic (exact) mass is 348 g/mol. The standard InChI is InChI=1S/C19H12N2O5/c20-17(22)16-15(11-6-2-4-8-14(11)25-16)21-18(23)12-9-10-5-1-3-7-13(10)26-19(12)24/h1-9H,(H2,20,22)(H,21,23). The predicted molar refractivity (Wildman–Crippen MR) is 95.2 cm³/mol. The zero-order valence-electron chi connectivity index (χ0n) is 13.3. The van der Waals surface area contributed by atoms with Gasteiger partial charge in [-0.05, 0) is 24.3 Å². The molecule has 0 aliphatic carbocycles. The Hall–Kier alpha value is -3.87. The number of para-hydroxylation sites is 2. The molecule has 4 aromatic rings. The van der Waals surface area contributed by atoms with Crippen LogP contribution in [0.1, 0.15) is 20.9 Å². The molecular weight excluding hydrogens is 336 g/mol. The molecule has 128 valence electrons. The Morgan fingerprint density at radius 2 is 1.62 bits per heavy atom. The molecule has 0 fully saturated rings. The Balaban J connectivity index is 1.81. The summed E-state index contributed by atoms with van der Waals surface area (Å²) < 4.78 is 10.6. The number of rotatable bonds is 3. The molecule has 2 aromatic heterocycles. The topological polar surface area (TPSA) is 116 Å². The predicted octanol–water partition coefficient (Wildman–Crippen LogP) is 2.89. The summed E-state index contributed by atoms with van der Waals surface area (Å²) in [6.07, 6.45) is 0. The second kappa shape index (κ2) is 5.89. The summed E-state index contributed by atoms with van der Waals surface area (Å²) in [5.74, 6) is -1.75. The number of furan rings is 1. The van der Waals surface area contributed by atoms with E-state index in [1.54, 1.807) is 48.5 Å². The lowest BCUT2D eigenvalue weighted by Gasteiger charge is -2.05. The third-order valence-corrected chi connectivity index (χ3v) is 3.94.